The summed E-state index contributed by atoms with van der Waals surface area (Å²) in [7, 11) is 0. The van der Waals surface area contributed by atoms with E-state index in [-0.39, 0.29) is 37.1 Å². The Morgan fingerprint density at radius 1 is 1.67 bits per heavy atom. The number of nitrogens with zero attached hydrogens (tertiary/aromatic N) is 2. The second kappa shape index (κ2) is 6.54. The molecular weight excluding hydrogens is 289 g/mol. The van der Waals surface area contributed by atoms with Gasteiger partial charge in [0.1, 0.15) is 6.61 Å². The minimum absolute atomic E-state index is 0. The standard InChI is InChI=1S/C7H8BrN3O3.ClH/c8-5-3-6(11(12)13)7(10-4-5)14-2-1-9;/h3-4H,1-2,9H2;1H. The first kappa shape index (κ1) is 14.1. The minimum atomic E-state index is -0.552. The van der Waals surface area contributed by atoms with Gasteiger partial charge in [-0.15, -0.1) is 12.4 Å². The molecule has 0 radical (unpaired) electrons. The van der Waals surface area contributed by atoms with E-state index in [2.05, 4.69) is 20.9 Å². The molecule has 6 nitrogen and oxygen atoms in total. The third kappa shape index (κ3) is 3.98. The van der Waals surface area contributed by atoms with E-state index in [9.17, 15) is 10.1 Å². The largest absolute Gasteiger partial charge is 0.471 e. The zero-order valence-electron chi connectivity index (χ0n) is 7.55. The van der Waals surface area contributed by atoms with E-state index in [0.29, 0.717) is 4.47 Å². The van der Waals surface area contributed by atoms with Gasteiger partial charge in [0.05, 0.1) is 4.92 Å². The number of nitrogens with two attached hydrogens (primary N) is 1. The highest BCUT2D eigenvalue weighted by molar-refractivity contribution is 9.10. The van der Waals surface area contributed by atoms with Crippen LogP contribution in [0.3, 0.4) is 0 Å². The number of hydrogen-bond acceptors (Lipinski definition) is 5. The fourth-order valence-electron chi connectivity index (χ4n) is 0.814. The number of aromatic nitrogens is 1. The average molecular weight is 299 g/mol. The normalized spacial score (nSPS) is 9.20. The number of rotatable bonds is 4. The number of halogens is 2. The van der Waals surface area contributed by atoms with Gasteiger partial charge in [0.25, 0.3) is 5.88 Å². The molecule has 1 aromatic heterocycles. The van der Waals surface area contributed by atoms with Crippen LogP contribution < -0.4 is 10.5 Å². The van der Waals surface area contributed by atoms with Gasteiger partial charge < -0.3 is 10.5 Å². The van der Waals surface area contributed by atoms with E-state index < -0.39 is 4.92 Å². The van der Waals surface area contributed by atoms with E-state index in [1.165, 1.54) is 12.3 Å². The van der Waals surface area contributed by atoms with Gasteiger partial charge in [0.2, 0.25) is 0 Å². The van der Waals surface area contributed by atoms with Crippen molar-refractivity contribution >= 4 is 34.0 Å². The van der Waals surface area contributed by atoms with Crippen molar-refractivity contribution in [2.24, 2.45) is 5.73 Å². The number of hydrogen-bond donors (Lipinski definition) is 1. The second-order valence-corrected chi connectivity index (χ2v) is 3.29. The average Bonchev–Trinajstić information content (AvgIpc) is 2.15. The van der Waals surface area contributed by atoms with Crippen LogP contribution in [0.25, 0.3) is 0 Å². The first-order valence-corrected chi connectivity index (χ1v) is 4.57. The lowest BCUT2D eigenvalue weighted by Crippen LogP contribution is -2.12. The van der Waals surface area contributed by atoms with Crippen LogP contribution in [0.5, 0.6) is 5.88 Å². The molecule has 1 rings (SSSR count). The fourth-order valence-corrected chi connectivity index (χ4v) is 1.13. The summed E-state index contributed by atoms with van der Waals surface area (Å²) in [5.41, 5.74) is 5.03. The Labute approximate surface area is 101 Å². The molecule has 15 heavy (non-hydrogen) atoms. The molecule has 0 aliphatic heterocycles. The van der Waals surface area contributed by atoms with Crippen molar-refractivity contribution in [1.82, 2.24) is 4.98 Å². The van der Waals surface area contributed by atoms with Crippen molar-refractivity contribution in [1.29, 1.82) is 0 Å². The molecule has 1 aromatic rings. The van der Waals surface area contributed by atoms with Crippen molar-refractivity contribution in [2.45, 2.75) is 0 Å². The van der Waals surface area contributed by atoms with Gasteiger partial charge >= 0.3 is 5.69 Å². The highest BCUT2D eigenvalue weighted by Gasteiger charge is 2.16. The number of ether oxygens (including phenoxy) is 1. The van der Waals surface area contributed by atoms with Gasteiger partial charge in [-0.1, -0.05) is 0 Å². The lowest BCUT2D eigenvalue weighted by atomic mass is 10.4. The number of nitro groups is 1. The predicted octanol–water partition coefficient (Wildman–Crippen LogP) is 1.51. The van der Waals surface area contributed by atoms with Crippen molar-refractivity contribution in [3.8, 4) is 5.88 Å². The maximum absolute atomic E-state index is 10.6. The maximum atomic E-state index is 10.6. The minimum Gasteiger partial charge on any atom is -0.471 e. The van der Waals surface area contributed by atoms with E-state index in [1.807, 2.05) is 0 Å². The molecule has 0 atom stereocenters. The van der Waals surface area contributed by atoms with Crippen molar-refractivity contribution in [3.63, 3.8) is 0 Å². The molecule has 0 saturated carbocycles. The molecule has 2 N–H and O–H groups in total. The summed E-state index contributed by atoms with van der Waals surface area (Å²) in [6.07, 6.45) is 1.43. The van der Waals surface area contributed by atoms with Crippen LogP contribution in [0, 0.1) is 10.1 Å². The lowest BCUT2D eigenvalue weighted by molar-refractivity contribution is -0.386. The summed E-state index contributed by atoms with van der Waals surface area (Å²) < 4.78 is 5.54. The summed E-state index contributed by atoms with van der Waals surface area (Å²) >= 11 is 3.09. The monoisotopic (exact) mass is 297 g/mol. The molecule has 0 aliphatic rings. The Bertz CT molecular complexity index is 350. The van der Waals surface area contributed by atoms with Crippen LogP contribution in [0.4, 0.5) is 5.69 Å². The van der Waals surface area contributed by atoms with Crippen molar-refractivity contribution < 1.29 is 9.66 Å². The van der Waals surface area contributed by atoms with Crippen LogP contribution in [-0.4, -0.2) is 23.1 Å². The van der Waals surface area contributed by atoms with Crippen LogP contribution in [0.15, 0.2) is 16.7 Å². The zero-order chi connectivity index (χ0) is 10.6. The molecule has 0 unspecified atom stereocenters. The summed E-state index contributed by atoms with van der Waals surface area (Å²) in [6, 6.07) is 1.33. The lowest BCUT2D eigenvalue weighted by Gasteiger charge is -2.03. The third-order valence-electron chi connectivity index (χ3n) is 1.35. The second-order valence-electron chi connectivity index (χ2n) is 2.37. The highest BCUT2D eigenvalue weighted by atomic mass is 79.9. The Balaban J connectivity index is 0.00000196. The summed E-state index contributed by atoms with van der Waals surface area (Å²) in [6.45, 7) is 0.490. The maximum Gasteiger partial charge on any atom is 0.332 e. The molecule has 0 aromatic carbocycles. The predicted molar refractivity (Wildman–Crippen MR) is 60.4 cm³/mol. The first-order chi connectivity index (χ1) is 6.65. The fraction of sp³-hybridized carbons (Fsp3) is 0.286. The Morgan fingerprint density at radius 2 is 2.33 bits per heavy atom. The van der Waals surface area contributed by atoms with Crippen LogP contribution in [0.2, 0.25) is 0 Å². The molecule has 0 spiro atoms. The first-order valence-electron chi connectivity index (χ1n) is 3.78. The van der Waals surface area contributed by atoms with Crippen LogP contribution >= 0.6 is 28.3 Å². The summed E-state index contributed by atoms with van der Waals surface area (Å²) in [4.78, 5) is 13.8. The molecule has 1 heterocycles. The molecule has 0 bridgehead atoms. The third-order valence-corrected chi connectivity index (χ3v) is 1.79. The van der Waals surface area contributed by atoms with Gasteiger partial charge in [-0.2, -0.15) is 0 Å². The van der Waals surface area contributed by atoms with Crippen molar-refractivity contribution in [2.75, 3.05) is 13.2 Å². The summed E-state index contributed by atoms with van der Waals surface area (Å²) in [5, 5.41) is 10.6. The molecule has 0 saturated heterocycles. The van der Waals surface area contributed by atoms with Crippen molar-refractivity contribution in [3.05, 3.63) is 26.9 Å². The molecule has 8 heteroatoms. The molecule has 0 amide bonds. The number of pyridine rings is 1. The topological polar surface area (TPSA) is 91.3 Å². The Hall–Kier alpha value is -0.920. The molecule has 0 aliphatic carbocycles. The molecular formula is C7H9BrClN3O3. The van der Waals surface area contributed by atoms with E-state index in [4.69, 9.17) is 10.5 Å². The van der Waals surface area contributed by atoms with Gasteiger partial charge in [-0.3, -0.25) is 10.1 Å². The van der Waals surface area contributed by atoms with Gasteiger partial charge in [0.15, 0.2) is 0 Å². The van der Waals surface area contributed by atoms with Crippen LogP contribution in [-0.2, 0) is 0 Å². The SMILES string of the molecule is Cl.NCCOc1ncc(Br)cc1[N+](=O)[O-]. The van der Waals surface area contributed by atoms with Gasteiger partial charge in [0, 0.05) is 23.3 Å². The molecule has 0 fully saturated rings. The Kier molecular flexibility index (Phi) is 6.14. The van der Waals surface area contributed by atoms with E-state index in [0.717, 1.165) is 0 Å². The van der Waals surface area contributed by atoms with Gasteiger partial charge in [-0.05, 0) is 15.9 Å². The smallest absolute Gasteiger partial charge is 0.332 e. The van der Waals surface area contributed by atoms with E-state index in [1.54, 1.807) is 0 Å². The summed E-state index contributed by atoms with van der Waals surface area (Å²) in [5.74, 6) is -0.0105. The molecule has 84 valence electrons. The van der Waals surface area contributed by atoms with E-state index >= 15 is 0 Å². The zero-order valence-corrected chi connectivity index (χ0v) is 9.95. The highest BCUT2D eigenvalue weighted by Crippen LogP contribution is 2.26. The Morgan fingerprint density at radius 3 is 2.87 bits per heavy atom. The quantitative estimate of drug-likeness (QED) is 0.672. The van der Waals surface area contributed by atoms with Crippen LogP contribution in [0.1, 0.15) is 0 Å². The van der Waals surface area contributed by atoms with Gasteiger partial charge in [-0.25, -0.2) is 4.98 Å².